The molecule has 0 aliphatic heterocycles. The number of fused-ring (bicyclic) bond motifs is 10. The summed E-state index contributed by atoms with van der Waals surface area (Å²) in [5.41, 5.74) is 12.5. The molecular weight excluding hydrogens is 841 g/mol. The van der Waals surface area contributed by atoms with Gasteiger partial charge < -0.3 is 0 Å². The summed E-state index contributed by atoms with van der Waals surface area (Å²) >= 11 is 0. The van der Waals surface area contributed by atoms with E-state index in [1.807, 2.05) is 0 Å². The molecule has 0 fully saturated rings. The van der Waals surface area contributed by atoms with Crippen molar-refractivity contribution in [3.63, 3.8) is 0 Å². The summed E-state index contributed by atoms with van der Waals surface area (Å²) < 4.78 is 0. The highest BCUT2D eigenvalue weighted by Gasteiger charge is 2.30. The molecule has 0 atom stereocenters. The van der Waals surface area contributed by atoms with Crippen molar-refractivity contribution < 1.29 is 0 Å². The van der Waals surface area contributed by atoms with E-state index in [0.717, 1.165) is 0 Å². The van der Waals surface area contributed by atoms with E-state index in [1.165, 1.54) is 163 Å². The summed E-state index contributed by atoms with van der Waals surface area (Å²) in [4.78, 5) is 0. The first-order chi connectivity index (χ1) is 34.8. The highest BCUT2D eigenvalue weighted by molar-refractivity contribution is 6.54. The SMILES string of the molecule is c1ccc(-c2ccccc2-c2c3cccc4c3c(c3ccc(-c5ccccc5)c5c(-c6ccccc6)c6c7ccc(-c8ccccc8)c8cccc(c87)c6c4c53)c3c4cccc5cccc(c23)c54)cc1. The number of hydrogen-bond acceptors (Lipinski definition) is 0. The van der Waals surface area contributed by atoms with E-state index in [0.29, 0.717) is 0 Å². The van der Waals surface area contributed by atoms with E-state index in [9.17, 15) is 0 Å². The van der Waals surface area contributed by atoms with Gasteiger partial charge in [0.15, 0.2) is 0 Å². The van der Waals surface area contributed by atoms with Gasteiger partial charge in [-0.3, -0.25) is 0 Å². The summed E-state index contributed by atoms with van der Waals surface area (Å²) in [6.45, 7) is 0. The van der Waals surface area contributed by atoms with Crippen LogP contribution in [0, 0.1) is 0 Å². The lowest BCUT2D eigenvalue weighted by atomic mass is 9.78. The predicted octanol–water partition coefficient (Wildman–Crippen LogP) is 19.9. The van der Waals surface area contributed by atoms with Crippen LogP contribution in [0.3, 0.4) is 0 Å². The first kappa shape index (κ1) is 37.9. The van der Waals surface area contributed by atoms with E-state index >= 15 is 0 Å². The van der Waals surface area contributed by atoms with Crippen LogP contribution in [0.4, 0.5) is 0 Å². The van der Waals surface area contributed by atoms with Crippen LogP contribution in [0.5, 0.6) is 0 Å². The normalized spacial score (nSPS) is 12.3. The van der Waals surface area contributed by atoms with Crippen LogP contribution in [-0.2, 0) is 0 Å². The van der Waals surface area contributed by atoms with Crippen molar-refractivity contribution in [3.8, 4) is 55.6 Å². The molecule has 0 aliphatic rings. The molecule has 16 aromatic carbocycles. The van der Waals surface area contributed by atoms with Crippen LogP contribution in [0.2, 0.25) is 0 Å². The van der Waals surface area contributed by atoms with Crippen molar-refractivity contribution in [3.05, 3.63) is 243 Å². The monoisotopic (exact) mass is 880 g/mol. The molecule has 16 rings (SSSR count). The second-order valence-electron chi connectivity index (χ2n) is 19.2. The van der Waals surface area contributed by atoms with E-state index in [4.69, 9.17) is 0 Å². The molecule has 0 nitrogen and oxygen atoms in total. The molecule has 0 saturated carbocycles. The Labute approximate surface area is 403 Å². The average molecular weight is 881 g/mol. The van der Waals surface area contributed by atoms with Gasteiger partial charge in [-0.05, 0) is 163 Å². The van der Waals surface area contributed by atoms with Gasteiger partial charge >= 0.3 is 0 Å². The maximum absolute atomic E-state index is 2.48. The van der Waals surface area contributed by atoms with Gasteiger partial charge in [-0.25, -0.2) is 0 Å². The number of hydrogen-bond donors (Lipinski definition) is 0. The van der Waals surface area contributed by atoms with Gasteiger partial charge in [0.25, 0.3) is 0 Å². The minimum atomic E-state index is 1.22. The third-order valence-electron chi connectivity index (χ3n) is 15.9. The molecule has 0 spiro atoms. The zero-order valence-electron chi connectivity index (χ0n) is 38.1. The highest BCUT2D eigenvalue weighted by Crippen LogP contribution is 2.59. The molecule has 16 aromatic rings. The minimum Gasteiger partial charge on any atom is -0.0622 e. The van der Waals surface area contributed by atoms with E-state index in [-0.39, 0.29) is 0 Å². The fourth-order valence-corrected chi connectivity index (χ4v) is 13.2. The van der Waals surface area contributed by atoms with Crippen molar-refractivity contribution >= 4 is 108 Å². The van der Waals surface area contributed by atoms with Gasteiger partial charge in [-0.2, -0.15) is 0 Å². The Morgan fingerprint density at radius 3 is 1.17 bits per heavy atom. The van der Waals surface area contributed by atoms with Crippen LogP contribution < -0.4 is 0 Å². The third-order valence-corrected chi connectivity index (χ3v) is 15.9. The standard InChI is InChI=1S/C70H40/c1-5-19-41(20-6-1)46-29-13-14-30-50(46)61-54-35-18-36-55-62(54)66(67-52-33-16-28-44-27-15-32-51(58(44)52)65(61)67)57-40-38-48(43-23-9-3-10-24-43)63-59(45-25-11-4-12-26-45)64-56-39-37-47(42-21-7-2-8-22-42)49-31-17-34-53(60(49)56)68(64)69(55)70(57)63/h1-40H. The molecule has 0 aromatic heterocycles. The molecule has 0 unspecified atom stereocenters. The lowest BCUT2D eigenvalue weighted by molar-refractivity contribution is 1.61. The second-order valence-corrected chi connectivity index (χ2v) is 19.2. The molecule has 0 aliphatic carbocycles. The first-order valence-electron chi connectivity index (χ1n) is 24.5. The summed E-state index contributed by atoms with van der Waals surface area (Å²) in [7, 11) is 0. The average Bonchev–Trinajstić information content (AvgIpc) is 3.95. The zero-order chi connectivity index (χ0) is 45.6. The molecule has 0 saturated heterocycles. The number of rotatable bonds is 5. The summed E-state index contributed by atoms with van der Waals surface area (Å²) in [6, 6.07) is 91.2. The predicted molar refractivity (Wildman–Crippen MR) is 302 cm³/mol. The Bertz CT molecular complexity index is 4760. The lowest BCUT2D eigenvalue weighted by Gasteiger charge is -2.24. The molecule has 70 heavy (non-hydrogen) atoms. The maximum atomic E-state index is 2.48. The Morgan fingerprint density at radius 1 is 0.143 bits per heavy atom. The molecule has 0 N–H and O–H groups in total. The largest absolute Gasteiger partial charge is 0.0622 e. The number of benzene rings is 14. The molecule has 0 amide bonds. The maximum Gasteiger partial charge on any atom is -0.000695 e. The minimum absolute atomic E-state index is 1.22. The fraction of sp³-hybridized carbons (Fsp3) is 0. The fourth-order valence-electron chi connectivity index (χ4n) is 13.2. The first-order valence-corrected chi connectivity index (χ1v) is 24.5. The quantitative estimate of drug-likeness (QED) is 0.119. The van der Waals surface area contributed by atoms with Crippen molar-refractivity contribution in [1.29, 1.82) is 0 Å². The van der Waals surface area contributed by atoms with Gasteiger partial charge in [-0.1, -0.05) is 243 Å². The van der Waals surface area contributed by atoms with Gasteiger partial charge in [0.05, 0.1) is 0 Å². The van der Waals surface area contributed by atoms with Crippen LogP contribution in [0.1, 0.15) is 0 Å². The molecule has 320 valence electrons. The van der Waals surface area contributed by atoms with Crippen LogP contribution in [-0.4, -0.2) is 0 Å². The molecule has 0 heterocycles. The van der Waals surface area contributed by atoms with Crippen LogP contribution >= 0.6 is 0 Å². The Kier molecular flexibility index (Phi) is 7.70. The van der Waals surface area contributed by atoms with Crippen molar-refractivity contribution in [2.75, 3.05) is 0 Å². The van der Waals surface area contributed by atoms with Gasteiger partial charge in [0.1, 0.15) is 0 Å². The Balaban J connectivity index is 1.23. The highest BCUT2D eigenvalue weighted by atomic mass is 14.3. The van der Waals surface area contributed by atoms with Gasteiger partial charge in [0, 0.05) is 0 Å². The van der Waals surface area contributed by atoms with Crippen molar-refractivity contribution in [2.45, 2.75) is 0 Å². The summed E-state index contributed by atoms with van der Waals surface area (Å²) in [6.07, 6.45) is 0. The second kappa shape index (κ2) is 14.2. The molecular formula is C70H40. The molecule has 0 bridgehead atoms. The van der Waals surface area contributed by atoms with Gasteiger partial charge in [0.2, 0.25) is 0 Å². The topological polar surface area (TPSA) is 0 Å². The van der Waals surface area contributed by atoms with Crippen LogP contribution in [0.25, 0.3) is 163 Å². The zero-order valence-corrected chi connectivity index (χ0v) is 38.1. The van der Waals surface area contributed by atoms with E-state index in [2.05, 4.69) is 243 Å². The van der Waals surface area contributed by atoms with Gasteiger partial charge in [-0.15, -0.1) is 0 Å². The summed E-state index contributed by atoms with van der Waals surface area (Å²) in [5.74, 6) is 0. The Hall–Kier alpha value is -9.10. The third kappa shape index (κ3) is 4.94. The molecule has 0 radical (unpaired) electrons. The van der Waals surface area contributed by atoms with Crippen molar-refractivity contribution in [1.82, 2.24) is 0 Å². The molecule has 0 heteroatoms. The summed E-state index contributed by atoms with van der Waals surface area (Å²) in [5, 5.41) is 26.3. The lowest BCUT2D eigenvalue weighted by Crippen LogP contribution is -1.95. The van der Waals surface area contributed by atoms with Crippen molar-refractivity contribution in [2.24, 2.45) is 0 Å². The Morgan fingerprint density at radius 2 is 0.529 bits per heavy atom. The van der Waals surface area contributed by atoms with Crippen LogP contribution in [0.15, 0.2) is 243 Å². The smallest absolute Gasteiger partial charge is 0.000695 e. The van der Waals surface area contributed by atoms with E-state index in [1.54, 1.807) is 0 Å². The van der Waals surface area contributed by atoms with E-state index < -0.39 is 0 Å².